The smallest absolute Gasteiger partial charge is 0.279 e. The third-order valence-corrected chi connectivity index (χ3v) is 6.81. The van der Waals surface area contributed by atoms with Gasteiger partial charge in [-0.25, -0.2) is 4.98 Å². The van der Waals surface area contributed by atoms with Crippen molar-refractivity contribution in [3.05, 3.63) is 86.3 Å². The number of carbonyl (C=O) groups excluding carboxylic acids is 1. The van der Waals surface area contributed by atoms with Crippen LogP contribution in [0.4, 0.5) is 10.1 Å². The molecule has 0 saturated carbocycles. The van der Waals surface area contributed by atoms with Gasteiger partial charge in [0.1, 0.15) is 0 Å². The van der Waals surface area contributed by atoms with Crippen LogP contribution in [0, 0.1) is 24.0 Å². The summed E-state index contributed by atoms with van der Waals surface area (Å²) in [6.45, 7) is 4.36. The van der Waals surface area contributed by atoms with Gasteiger partial charge in [-0.3, -0.25) is 19.8 Å². The number of amides is 1. The maximum atomic E-state index is 13.3. The van der Waals surface area contributed by atoms with E-state index in [2.05, 4.69) is 0 Å². The molecule has 0 N–H and O–H groups in total. The van der Waals surface area contributed by atoms with Crippen LogP contribution in [0.25, 0.3) is 10.2 Å². The second kappa shape index (κ2) is 7.73. The molecule has 0 aliphatic heterocycles. The molecule has 2 aromatic carbocycles. The normalized spacial score (nSPS) is 11.0. The molecule has 8 heteroatoms. The zero-order valence-electron chi connectivity index (χ0n) is 15.8. The molecular formula is C21H17N3O3S2. The number of hydrogen-bond acceptors (Lipinski definition) is 6. The monoisotopic (exact) mass is 423 g/mol. The molecule has 146 valence electrons. The molecule has 29 heavy (non-hydrogen) atoms. The fourth-order valence-corrected chi connectivity index (χ4v) is 4.91. The first-order valence-corrected chi connectivity index (χ1v) is 10.5. The maximum absolute atomic E-state index is 13.3. The third kappa shape index (κ3) is 3.76. The Bertz CT molecular complexity index is 1180. The summed E-state index contributed by atoms with van der Waals surface area (Å²) >= 11 is 2.35. The van der Waals surface area contributed by atoms with Crippen molar-refractivity contribution >= 4 is 48.9 Å². The highest BCUT2D eigenvalue weighted by Crippen LogP contribution is 2.35. The number of thiazole rings is 1. The average molecular weight is 424 g/mol. The van der Waals surface area contributed by atoms with Crippen LogP contribution in [0.15, 0.2) is 54.6 Å². The lowest BCUT2D eigenvalue weighted by molar-refractivity contribution is -0.380. The number of fused-ring (bicyclic) bond motifs is 1. The number of nitro groups is 1. The lowest BCUT2D eigenvalue weighted by atomic mass is 10.1. The molecule has 6 nitrogen and oxygen atoms in total. The van der Waals surface area contributed by atoms with Gasteiger partial charge in [-0.2, -0.15) is 0 Å². The molecule has 0 fully saturated rings. The number of benzene rings is 2. The van der Waals surface area contributed by atoms with Gasteiger partial charge in [0.25, 0.3) is 5.91 Å². The van der Waals surface area contributed by atoms with Crippen LogP contribution in [0.5, 0.6) is 0 Å². The van der Waals surface area contributed by atoms with Gasteiger partial charge in [-0.1, -0.05) is 65.1 Å². The zero-order valence-corrected chi connectivity index (χ0v) is 17.4. The number of aromatic nitrogens is 1. The quantitative estimate of drug-likeness (QED) is 0.303. The summed E-state index contributed by atoms with van der Waals surface area (Å²) in [5, 5.41) is 11.6. The summed E-state index contributed by atoms with van der Waals surface area (Å²) < 4.78 is 1.04. The van der Waals surface area contributed by atoms with Gasteiger partial charge in [0.15, 0.2) is 5.13 Å². The van der Waals surface area contributed by atoms with Gasteiger partial charge in [0.2, 0.25) is 0 Å². The fraction of sp³-hybridized carbons (Fsp3) is 0.143. The van der Waals surface area contributed by atoms with Crippen molar-refractivity contribution in [1.29, 1.82) is 0 Å². The minimum Gasteiger partial charge on any atom is -0.279 e. The molecule has 2 heterocycles. The second-order valence-electron chi connectivity index (χ2n) is 6.65. The Morgan fingerprint density at radius 2 is 1.76 bits per heavy atom. The molecule has 2 aromatic heterocycles. The van der Waals surface area contributed by atoms with Crippen molar-refractivity contribution in [3.8, 4) is 0 Å². The van der Waals surface area contributed by atoms with E-state index in [1.807, 2.05) is 56.3 Å². The summed E-state index contributed by atoms with van der Waals surface area (Å²) in [5.74, 6) is -0.290. The standard InChI is InChI=1S/C21H17N3O3S2/c1-13-8-9-14(2)19-18(13)22-21(29-19)23(12-15-6-4-3-5-7-15)20(25)16-10-11-17(28-16)24(26)27/h3-11H,12H2,1-2H3. The first kappa shape index (κ1) is 19.2. The van der Waals surface area contributed by atoms with E-state index in [-0.39, 0.29) is 10.9 Å². The molecule has 0 aliphatic carbocycles. The van der Waals surface area contributed by atoms with Crippen molar-refractivity contribution in [2.75, 3.05) is 4.90 Å². The highest BCUT2D eigenvalue weighted by Gasteiger charge is 2.25. The Morgan fingerprint density at radius 1 is 1.03 bits per heavy atom. The highest BCUT2D eigenvalue weighted by atomic mass is 32.1. The summed E-state index contributed by atoms with van der Waals surface area (Å²) in [7, 11) is 0. The molecule has 0 bridgehead atoms. The summed E-state index contributed by atoms with van der Waals surface area (Å²) in [5.41, 5.74) is 3.99. The Balaban J connectivity index is 1.79. The minimum absolute atomic E-state index is 0.0519. The van der Waals surface area contributed by atoms with E-state index in [4.69, 9.17) is 4.98 Å². The van der Waals surface area contributed by atoms with Gasteiger partial charge >= 0.3 is 5.00 Å². The molecule has 0 unspecified atom stereocenters. The molecule has 0 aliphatic rings. The summed E-state index contributed by atoms with van der Waals surface area (Å²) in [4.78, 5) is 30.6. The van der Waals surface area contributed by atoms with E-state index in [1.54, 1.807) is 4.90 Å². The van der Waals surface area contributed by atoms with Gasteiger partial charge in [0.05, 0.1) is 26.6 Å². The molecule has 4 rings (SSSR count). The van der Waals surface area contributed by atoms with Crippen molar-refractivity contribution < 1.29 is 9.72 Å². The Hall–Kier alpha value is -3.10. The van der Waals surface area contributed by atoms with E-state index in [0.717, 1.165) is 38.2 Å². The Morgan fingerprint density at radius 3 is 2.41 bits per heavy atom. The molecule has 0 spiro atoms. The number of anilines is 1. The first-order valence-electron chi connectivity index (χ1n) is 8.91. The van der Waals surface area contributed by atoms with Crippen LogP contribution < -0.4 is 4.90 Å². The van der Waals surface area contributed by atoms with E-state index >= 15 is 0 Å². The predicted molar refractivity (Wildman–Crippen MR) is 117 cm³/mol. The lowest BCUT2D eigenvalue weighted by Crippen LogP contribution is -2.29. The molecule has 4 aromatic rings. The minimum atomic E-state index is -0.479. The van der Waals surface area contributed by atoms with Crippen LogP contribution in [0.3, 0.4) is 0 Å². The first-order chi connectivity index (χ1) is 13.9. The molecule has 0 atom stereocenters. The SMILES string of the molecule is Cc1ccc(C)c2sc(N(Cc3ccccc3)C(=O)c3ccc([N+](=O)[O-])s3)nc12. The highest BCUT2D eigenvalue weighted by molar-refractivity contribution is 7.22. The van der Waals surface area contributed by atoms with E-state index in [1.165, 1.54) is 23.5 Å². The van der Waals surface area contributed by atoms with Crippen molar-refractivity contribution in [3.63, 3.8) is 0 Å². The lowest BCUT2D eigenvalue weighted by Gasteiger charge is -2.19. The molecular weight excluding hydrogens is 406 g/mol. The number of hydrogen-bond donors (Lipinski definition) is 0. The van der Waals surface area contributed by atoms with Gasteiger partial charge in [0, 0.05) is 6.07 Å². The Labute approximate surface area is 175 Å². The number of thiophene rings is 1. The van der Waals surface area contributed by atoms with Crippen molar-refractivity contribution in [2.24, 2.45) is 0 Å². The van der Waals surface area contributed by atoms with Crippen LogP contribution in [-0.2, 0) is 6.54 Å². The third-order valence-electron chi connectivity index (χ3n) is 4.57. The van der Waals surface area contributed by atoms with Gasteiger partial charge in [-0.15, -0.1) is 0 Å². The Kier molecular flexibility index (Phi) is 5.12. The zero-order chi connectivity index (χ0) is 20.5. The van der Waals surface area contributed by atoms with Crippen molar-refractivity contribution in [2.45, 2.75) is 20.4 Å². The molecule has 0 saturated heterocycles. The van der Waals surface area contributed by atoms with E-state index in [0.29, 0.717) is 16.6 Å². The average Bonchev–Trinajstić information content (AvgIpc) is 3.37. The van der Waals surface area contributed by atoms with Crippen LogP contribution >= 0.6 is 22.7 Å². The van der Waals surface area contributed by atoms with E-state index < -0.39 is 4.92 Å². The van der Waals surface area contributed by atoms with Crippen LogP contribution in [0.1, 0.15) is 26.4 Å². The summed E-state index contributed by atoms with van der Waals surface area (Å²) in [6.07, 6.45) is 0. The largest absolute Gasteiger partial charge is 0.324 e. The topological polar surface area (TPSA) is 76.3 Å². The maximum Gasteiger partial charge on any atom is 0.324 e. The predicted octanol–water partition coefficient (Wildman–Crippen LogP) is 5.73. The van der Waals surface area contributed by atoms with Crippen molar-refractivity contribution in [1.82, 2.24) is 4.98 Å². The number of rotatable bonds is 5. The fourth-order valence-electron chi connectivity index (χ4n) is 3.03. The molecule has 1 amide bonds. The number of aryl methyl sites for hydroxylation is 2. The van der Waals surface area contributed by atoms with E-state index in [9.17, 15) is 14.9 Å². The molecule has 0 radical (unpaired) electrons. The van der Waals surface area contributed by atoms with Crippen LogP contribution in [0.2, 0.25) is 0 Å². The van der Waals surface area contributed by atoms with Gasteiger partial charge in [-0.05, 0) is 36.6 Å². The van der Waals surface area contributed by atoms with Gasteiger partial charge < -0.3 is 0 Å². The number of nitrogens with zero attached hydrogens (tertiary/aromatic N) is 3. The summed E-state index contributed by atoms with van der Waals surface area (Å²) in [6, 6.07) is 16.6. The second-order valence-corrected chi connectivity index (χ2v) is 8.69. The van der Waals surface area contributed by atoms with Crippen LogP contribution in [-0.4, -0.2) is 15.8 Å². The number of carbonyl (C=O) groups is 1.